The van der Waals surface area contributed by atoms with Crippen molar-refractivity contribution in [1.82, 2.24) is 5.32 Å². The van der Waals surface area contributed by atoms with Crippen molar-refractivity contribution in [1.29, 1.82) is 0 Å². The summed E-state index contributed by atoms with van der Waals surface area (Å²) in [5.41, 5.74) is 0.683. The number of carbonyl (C=O) groups is 1. The lowest BCUT2D eigenvalue weighted by atomic mass is 9.92. The first kappa shape index (κ1) is 12.4. The largest absolute Gasteiger partial charge is 0.465 e. The summed E-state index contributed by atoms with van der Waals surface area (Å²) < 4.78 is 0. The van der Waals surface area contributed by atoms with Crippen molar-refractivity contribution < 1.29 is 9.90 Å². The van der Waals surface area contributed by atoms with E-state index >= 15 is 0 Å². The number of nitrogens with one attached hydrogen (secondary N) is 1. The lowest BCUT2D eigenvalue weighted by Gasteiger charge is -2.25. The fraction of sp³-hybridized carbons (Fsp3) is 0.267. The molecule has 0 aliphatic rings. The summed E-state index contributed by atoms with van der Waals surface area (Å²) in [6.45, 7) is 3.78. The molecule has 0 aliphatic carbocycles. The van der Waals surface area contributed by atoms with Gasteiger partial charge in [0, 0.05) is 5.54 Å². The van der Waals surface area contributed by atoms with Gasteiger partial charge in [0.1, 0.15) is 0 Å². The van der Waals surface area contributed by atoms with Crippen LogP contribution in [0.4, 0.5) is 4.79 Å². The molecule has 94 valence electrons. The van der Waals surface area contributed by atoms with Crippen molar-refractivity contribution in [3.63, 3.8) is 0 Å². The average Bonchev–Trinajstić information content (AvgIpc) is 2.27. The highest BCUT2D eigenvalue weighted by atomic mass is 16.4. The number of rotatable bonds is 3. The topological polar surface area (TPSA) is 49.3 Å². The van der Waals surface area contributed by atoms with Crippen LogP contribution in [0.2, 0.25) is 0 Å². The summed E-state index contributed by atoms with van der Waals surface area (Å²) in [7, 11) is 0. The average molecular weight is 243 g/mol. The maximum atomic E-state index is 10.8. The van der Waals surface area contributed by atoms with Crippen molar-refractivity contribution in [2.45, 2.75) is 25.8 Å². The van der Waals surface area contributed by atoms with Crippen LogP contribution in [-0.4, -0.2) is 16.7 Å². The highest BCUT2D eigenvalue weighted by Crippen LogP contribution is 2.22. The van der Waals surface area contributed by atoms with Crippen LogP contribution in [0, 0.1) is 0 Å². The Morgan fingerprint density at radius 2 is 1.83 bits per heavy atom. The first-order chi connectivity index (χ1) is 8.48. The van der Waals surface area contributed by atoms with Gasteiger partial charge in [-0.05, 0) is 36.6 Å². The van der Waals surface area contributed by atoms with Gasteiger partial charge in [-0.2, -0.15) is 0 Å². The van der Waals surface area contributed by atoms with Crippen LogP contribution in [0.3, 0.4) is 0 Å². The van der Waals surface area contributed by atoms with Crippen molar-refractivity contribution in [3.05, 3.63) is 48.0 Å². The number of amides is 1. The van der Waals surface area contributed by atoms with Crippen molar-refractivity contribution in [2.24, 2.45) is 0 Å². The third-order valence-electron chi connectivity index (χ3n) is 2.96. The number of carboxylic acid groups (broad SMARTS) is 1. The number of hydrogen-bond donors (Lipinski definition) is 2. The molecule has 2 aromatic carbocycles. The van der Waals surface area contributed by atoms with E-state index in [1.54, 1.807) is 0 Å². The molecule has 0 saturated heterocycles. The summed E-state index contributed by atoms with van der Waals surface area (Å²) in [6.07, 6.45) is -0.319. The minimum atomic E-state index is -0.986. The molecule has 2 N–H and O–H groups in total. The Morgan fingerprint density at radius 1 is 1.17 bits per heavy atom. The van der Waals surface area contributed by atoms with Gasteiger partial charge in [-0.15, -0.1) is 0 Å². The van der Waals surface area contributed by atoms with Crippen molar-refractivity contribution in [3.8, 4) is 0 Å². The lowest BCUT2D eigenvalue weighted by Crippen LogP contribution is -2.44. The maximum Gasteiger partial charge on any atom is 0.405 e. The van der Waals surface area contributed by atoms with Gasteiger partial charge in [-0.1, -0.05) is 42.5 Å². The molecule has 0 fully saturated rings. The Bertz CT molecular complexity index is 570. The zero-order valence-corrected chi connectivity index (χ0v) is 10.6. The Labute approximate surface area is 106 Å². The van der Waals surface area contributed by atoms with Gasteiger partial charge in [-0.3, -0.25) is 0 Å². The lowest BCUT2D eigenvalue weighted by molar-refractivity contribution is 0.182. The van der Waals surface area contributed by atoms with Crippen molar-refractivity contribution in [2.75, 3.05) is 0 Å². The van der Waals surface area contributed by atoms with Gasteiger partial charge >= 0.3 is 6.09 Å². The summed E-state index contributed by atoms with van der Waals surface area (Å²) in [6, 6.07) is 14.3. The molecule has 18 heavy (non-hydrogen) atoms. The van der Waals surface area contributed by atoms with Gasteiger partial charge < -0.3 is 10.4 Å². The van der Waals surface area contributed by atoms with E-state index in [0.29, 0.717) is 6.42 Å². The van der Waals surface area contributed by atoms with E-state index in [9.17, 15) is 4.79 Å². The number of fused-ring (bicyclic) bond motifs is 1. The van der Waals surface area contributed by atoms with Gasteiger partial charge in [0.05, 0.1) is 0 Å². The van der Waals surface area contributed by atoms with E-state index in [1.807, 2.05) is 38.1 Å². The number of hydrogen-bond acceptors (Lipinski definition) is 1. The van der Waals surface area contributed by atoms with Crippen LogP contribution >= 0.6 is 0 Å². The SMILES string of the molecule is CC(C)(Cc1cccc2ccccc12)NC(=O)O. The maximum absolute atomic E-state index is 10.8. The normalized spacial score (nSPS) is 11.4. The first-order valence-corrected chi connectivity index (χ1v) is 5.96. The van der Waals surface area contributed by atoms with Crippen LogP contribution in [-0.2, 0) is 6.42 Å². The van der Waals surface area contributed by atoms with E-state index in [4.69, 9.17) is 5.11 Å². The fourth-order valence-electron chi connectivity index (χ4n) is 2.26. The predicted molar refractivity (Wildman–Crippen MR) is 72.9 cm³/mol. The molecule has 0 spiro atoms. The van der Waals surface area contributed by atoms with Gasteiger partial charge in [0.15, 0.2) is 0 Å². The van der Waals surface area contributed by atoms with E-state index in [0.717, 1.165) is 5.56 Å². The molecule has 0 heterocycles. The molecule has 0 bridgehead atoms. The standard InChI is InChI=1S/C15H17NO2/c1-15(2,16-14(17)18)10-12-8-5-7-11-6-3-4-9-13(11)12/h3-9,16H,10H2,1-2H3,(H,17,18). The third-order valence-corrected chi connectivity index (χ3v) is 2.96. The summed E-state index contributed by atoms with van der Waals surface area (Å²) >= 11 is 0. The first-order valence-electron chi connectivity index (χ1n) is 5.96. The fourth-order valence-corrected chi connectivity index (χ4v) is 2.26. The molecule has 1 amide bonds. The Morgan fingerprint density at radius 3 is 2.56 bits per heavy atom. The van der Waals surface area contributed by atoms with Crippen LogP contribution in [0.5, 0.6) is 0 Å². The zero-order chi connectivity index (χ0) is 13.2. The second-order valence-electron chi connectivity index (χ2n) is 5.13. The molecule has 3 nitrogen and oxygen atoms in total. The molecular weight excluding hydrogens is 226 g/mol. The third kappa shape index (κ3) is 2.80. The zero-order valence-electron chi connectivity index (χ0n) is 10.6. The molecule has 0 atom stereocenters. The Hall–Kier alpha value is -2.03. The quantitative estimate of drug-likeness (QED) is 0.867. The second-order valence-corrected chi connectivity index (χ2v) is 5.13. The molecule has 0 aliphatic heterocycles. The molecular formula is C15H17NO2. The summed E-state index contributed by atoms with van der Waals surface area (Å²) in [5, 5.41) is 13.7. The van der Waals surface area contributed by atoms with Crippen LogP contribution in [0.25, 0.3) is 10.8 Å². The molecule has 0 unspecified atom stereocenters. The Kier molecular flexibility index (Phi) is 3.24. The van der Waals surface area contributed by atoms with E-state index in [2.05, 4.69) is 23.5 Å². The van der Waals surface area contributed by atoms with Gasteiger partial charge in [0.2, 0.25) is 0 Å². The minimum Gasteiger partial charge on any atom is -0.465 e. The van der Waals surface area contributed by atoms with E-state index in [-0.39, 0.29) is 0 Å². The smallest absolute Gasteiger partial charge is 0.405 e. The summed E-state index contributed by atoms with van der Waals surface area (Å²) in [4.78, 5) is 10.8. The molecule has 2 aromatic rings. The molecule has 0 radical (unpaired) electrons. The highest BCUT2D eigenvalue weighted by Gasteiger charge is 2.21. The number of benzene rings is 2. The van der Waals surface area contributed by atoms with E-state index in [1.165, 1.54) is 10.8 Å². The highest BCUT2D eigenvalue weighted by molar-refractivity contribution is 5.85. The van der Waals surface area contributed by atoms with E-state index < -0.39 is 11.6 Å². The van der Waals surface area contributed by atoms with Gasteiger partial charge in [-0.25, -0.2) is 4.79 Å². The summed E-state index contributed by atoms with van der Waals surface area (Å²) in [5.74, 6) is 0. The molecule has 0 aromatic heterocycles. The second kappa shape index (κ2) is 4.69. The van der Waals surface area contributed by atoms with Crippen LogP contribution < -0.4 is 5.32 Å². The Balaban J connectivity index is 2.34. The minimum absolute atomic E-state index is 0.476. The molecule has 0 saturated carbocycles. The van der Waals surface area contributed by atoms with Gasteiger partial charge in [0.25, 0.3) is 0 Å². The monoisotopic (exact) mass is 243 g/mol. The van der Waals surface area contributed by atoms with Crippen LogP contribution in [0.15, 0.2) is 42.5 Å². The van der Waals surface area contributed by atoms with Crippen LogP contribution in [0.1, 0.15) is 19.4 Å². The predicted octanol–water partition coefficient (Wildman–Crippen LogP) is 3.43. The van der Waals surface area contributed by atoms with Crippen molar-refractivity contribution >= 4 is 16.9 Å². The molecule has 2 rings (SSSR count). The molecule has 3 heteroatoms.